The summed E-state index contributed by atoms with van der Waals surface area (Å²) in [7, 11) is 1.63. The second kappa shape index (κ2) is 11.4. The van der Waals surface area contributed by atoms with Crippen molar-refractivity contribution in [3.63, 3.8) is 0 Å². The topological polar surface area (TPSA) is 97.4 Å². The van der Waals surface area contributed by atoms with Gasteiger partial charge in [-0.3, -0.25) is 10.2 Å². The monoisotopic (exact) mass is 578 g/mol. The van der Waals surface area contributed by atoms with Crippen LogP contribution >= 0.6 is 15.9 Å². The molecule has 0 bridgehead atoms. The summed E-state index contributed by atoms with van der Waals surface area (Å²) < 4.78 is 35.2. The first-order valence-electron chi connectivity index (χ1n) is 12.2. The van der Waals surface area contributed by atoms with Crippen molar-refractivity contribution >= 4 is 27.8 Å². The molecule has 4 rings (SSSR count). The second-order valence-electron chi connectivity index (χ2n) is 10.0. The molecule has 0 radical (unpaired) electrons. The van der Waals surface area contributed by atoms with Gasteiger partial charge in [-0.25, -0.2) is 18.3 Å². The van der Waals surface area contributed by atoms with Crippen LogP contribution in [0.25, 0.3) is 0 Å². The number of nitrogens with zero attached hydrogens (tertiary/aromatic N) is 3. The van der Waals surface area contributed by atoms with E-state index in [1.807, 2.05) is 38.2 Å². The van der Waals surface area contributed by atoms with Gasteiger partial charge in [-0.1, -0.05) is 30.4 Å². The van der Waals surface area contributed by atoms with E-state index < -0.39 is 23.2 Å². The molecule has 2 amide bonds. The maximum Gasteiger partial charge on any atom is 0.320 e. The van der Waals surface area contributed by atoms with Gasteiger partial charge in [0.2, 0.25) is 0 Å². The number of likely N-dealkylation sites (tertiary alicyclic amines) is 1. The lowest BCUT2D eigenvalue weighted by molar-refractivity contribution is 0.159. The molecule has 1 aliphatic carbocycles. The minimum Gasteiger partial charge on any atom is -0.383 e. The summed E-state index contributed by atoms with van der Waals surface area (Å²) in [5, 5.41) is 10.7. The van der Waals surface area contributed by atoms with Crippen LogP contribution < -0.4 is 16.4 Å². The van der Waals surface area contributed by atoms with Gasteiger partial charge in [0.15, 0.2) is 11.6 Å². The third-order valence-electron chi connectivity index (χ3n) is 6.66. The SMILES string of the molecule is COCCN1C[C@@H](NC(=O)Nc2c(Br)c(C(C)(C)N)nn2C2C=CC=CC2)[C@H](c2ccc(F)c(F)c2)C1. The molecule has 2 heterocycles. The summed E-state index contributed by atoms with van der Waals surface area (Å²) in [5.74, 6) is -1.54. The molecule has 11 heteroatoms. The molecule has 8 nitrogen and oxygen atoms in total. The molecule has 2 aliphatic rings. The number of urea groups is 1. The zero-order chi connectivity index (χ0) is 26.7. The fraction of sp³-hybridized carbons (Fsp3) is 0.462. The smallest absolute Gasteiger partial charge is 0.320 e. The molecule has 0 saturated carbocycles. The Bertz CT molecular complexity index is 1190. The van der Waals surface area contributed by atoms with Gasteiger partial charge in [-0.2, -0.15) is 5.10 Å². The van der Waals surface area contributed by atoms with Gasteiger partial charge >= 0.3 is 6.03 Å². The molecule has 1 saturated heterocycles. The normalized spacial score (nSPS) is 22.0. The first-order chi connectivity index (χ1) is 17.6. The third kappa shape index (κ3) is 6.28. The molecule has 200 valence electrons. The Morgan fingerprint density at radius 1 is 1.27 bits per heavy atom. The van der Waals surface area contributed by atoms with E-state index in [2.05, 4.69) is 31.5 Å². The lowest BCUT2D eigenvalue weighted by atomic mass is 9.94. The number of hydrogen-bond donors (Lipinski definition) is 3. The number of benzene rings is 1. The van der Waals surface area contributed by atoms with Crippen LogP contribution in [-0.4, -0.2) is 60.1 Å². The van der Waals surface area contributed by atoms with Crippen molar-refractivity contribution < 1.29 is 18.3 Å². The first kappa shape index (κ1) is 27.4. The Balaban J connectivity index is 1.57. The molecule has 1 aliphatic heterocycles. The van der Waals surface area contributed by atoms with Crippen molar-refractivity contribution in [1.82, 2.24) is 20.0 Å². The molecular weight excluding hydrogens is 546 g/mol. The number of nitrogens with two attached hydrogens (primary N) is 1. The summed E-state index contributed by atoms with van der Waals surface area (Å²) in [6.45, 7) is 6.00. The van der Waals surface area contributed by atoms with E-state index in [-0.39, 0.29) is 18.0 Å². The number of methoxy groups -OCH3 is 1. The van der Waals surface area contributed by atoms with Gasteiger partial charge in [0, 0.05) is 32.7 Å². The van der Waals surface area contributed by atoms with Gasteiger partial charge in [0.25, 0.3) is 0 Å². The van der Waals surface area contributed by atoms with E-state index in [1.165, 1.54) is 6.07 Å². The molecule has 1 unspecified atom stereocenters. The fourth-order valence-corrected chi connectivity index (χ4v) is 5.63. The van der Waals surface area contributed by atoms with E-state index >= 15 is 0 Å². The maximum atomic E-state index is 14.0. The summed E-state index contributed by atoms with van der Waals surface area (Å²) in [6.07, 6.45) is 8.69. The summed E-state index contributed by atoms with van der Waals surface area (Å²) >= 11 is 3.60. The average Bonchev–Trinajstić information content (AvgIpc) is 3.40. The number of carbonyl (C=O) groups excluding carboxylic acids is 1. The first-order valence-corrected chi connectivity index (χ1v) is 13.0. The summed E-state index contributed by atoms with van der Waals surface area (Å²) in [4.78, 5) is 15.4. The summed E-state index contributed by atoms with van der Waals surface area (Å²) in [6, 6.07) is 3.05. The van der Waals surface area contributed by atoms with Crippen LogP contribution in [0.1, 0.15) is 43.5 Å². The minimum absolute atomic E-state index is 0.0846. The Morgan fingerprint density at radius 3 is 2.70 bits per heavy atom. The number of aromatic nitrogens is 2. The minimum atomic E-state index is -0.907. The molecule has 3 atom stereocenters. The van der Waals surface area contributed by atoms with Gasteiger partial charge in [0.05, 0.1) is 34.4 Å². The highest BCUT2D eigenvalue weighted by molar-refractivity contribution is 9.10. The number of ether oxygens (including phenoxy) is 1. The Labute approximate surface area is 224 Å². The van der Waals surface area contributed by atoms with Gasteiger partial charge in [-0.05, 0) is 53.9 Å². The lowest BCUT2D eigenvalue weighted by Crippen LogP contribution is -2.42. The molecule has 2 aromatic rings. The Hall–Kier alpha value is -2.60. The second-order valence-corrected chi connectivity index (χ2v) is 10.8. The van der Waals surface area contributed by atoms with E-state index in [0.29, 0.717) is 47.8 Å². The van der Waals surface area contributed by atoms with Crippen LogP contribution in [-0.2, 0) is 10.3 Å². The number of hydrogen-bond acceptors (Lipinski definition) is 5. The van der Waals surface area contributed by atoms with Gasteiger partial charge in [0.1, 0.15) is 5.82 Å². The molecular formula is C26H33BrF2N6O2. The molecule has 37 heavy (non-hydrogen) atoms. The largest absolute Gasteiger partial charge is 0.383 e. The number of nitrogens with one attached hydrogen (secondary N) is 2. The third-order valence-corrected chi connectivity index (χ3v) is 7.41. The zero-order valence-electron chi connectivity index (χ0n) is 21.2. The molecule has 0 spiro atoms. The van der Waals surface area contributed by atoms with Crippen LogP contribution in [0.4, 0.5) is 19.4 Å². The van der Waals surface area contributed by atoms with Crippen LogP contribution in [0, 0.1) is 11.6 Å². The van der Waals surface area contributed by atoms with Crippen LogP contribution in [0.2, 0.25) is 0 Å². The number of carbonyl (C=O) groups is 1. The lowest BCUT2D eigenvalue weighted by Gasteiger charge is -2.22. The highest BCUT2D eigenvalue weighted by Gasteiger charge is 2.36. The molecule has 1 fully saturated rings. The maximum absolute atomic E-state index is 14.0. The molecule has 4 N–H and O–H groups in total. The van der Waals surface area contributed by atoms with E-state index in [9.17, 15) is 13.6 Å². The van der Waals surface area contributed by atoms with Gasteiger partial charge in [-0.15, -0.1) is 0 Å². The quantitative estimate of drug-likeness (QED) is 0.431. The number of halogens is 3. The standard InChI is InChI=1S/C26H33BrF2N6O2/c1-26(2,30)23-22(27)24(35(33-23)17-7-5-4-6-8-17)32-25(36)31-21-15-34(11-12-37-3)14-18(21)16-9-10-19(28)20(29)13-16/h4-7,9-10,13,17-18,21H,8,11-12,14-15,30H2,1-3H3,(H2,31,32,36)/t17?,18-,21+/m0/s1. The Morgan fingerprint density at radius 2 is 2.05 bits per heavy atom. The number of anilines is 1. The van der Waals surface area contributed by atoms with Crippen LogP contribution in [0.3, 0.4) is 0 Å². The summed E-state index contributed by atoms with van der Waals surface area (Å²) in [5.41, 5.74) is 6.86. The van der Waals surface area contributed by atoms with Crippen molar-refractivity contribution in [3.05, 3.63) is 69.9 Å². The predicted molar refractivity (Wildman–Crippen MR) is 142 cm³/mol. The van der Waals surface area contributed by atoms with Crippen molar-refractivity contribution in [2.24, 2.45) is 5.73 Å². The van der Waals surface area contributed by atoms with Crippen molar-refractivity contribution in [2.45, 2.75) is 43.8 Å². The number of allylic oxidation sites excluding steroid dienone is 4. The zero-order valence-corrected chi connectivity index (χ0v) is 22.8. The van der Waals surface area contributed by atoms with Crippen LogP contribution in [0.15, 0.2) is 47.0 Å². The van der Waals surface area contributed by atoms with Gasteiger partial charge < -0.3 is 15.8 Å². The van der Waals surface area contributed by atoms with Crippen molar-refractivity contribution in [3.8, 4) is 0 Å². The molecule has 1 aromatic carbocycles. The number of amides is 2. The van der Waals surface area contributed by atoms with Crippen molar-refractivity contribution in [2.75, 3.05) is 38.7 Å². The average molecular weight is 579 g/mol. The fourth-order valence-electron chi connectivity index (χ4n) is 4.75. The predicted octanol–water partition coefficient (Wildman–Crippen LogP) is 4.41. The molecule has 1 aromatic heterocycles. The van der Waals surface area contributed by atoms with Crippen molar-refractivity contribution in [1.29, 1.82) is 0 Å². The highest BCUT2D eigenvalue weighted by Crippen LogP contribution is 2.36. The van der Waals surface area contributed by atoms with Crippen LogP contribution in [0.5, 0.6) is 0 Å². The van der Waals surface area contributed by atoms with E-state index in [4.69, 9.17) is 15.6 Å². The van der Waals surface area contributed by atoms with E-state index in [0.717, 1.165) is 12.5 Å². The van der Waals surface area contributed by atoms with E-state index in [1.54, 1.807) is 17.9 Å². The Kier molecular flexibility index (Phi) is 8.47. The highest BCUT2D eigenvalue weighted by atomic mass is 79.9. The number of rotatable bonds is 8.